The number of alkyl halides is 3. The number of nitrogens with zero attached hydrogens (tertiary/aromatic N) is 2. The normalized spacial score (nSPS) is 11.0. The van der Waals surface area contributed by atoms with Crippen LogP contribution in [0.4, 0.5) is 13.2 Å². The first-order valence-corrected chi connectivity index (χ1v) is 6.16. The quantitative estimate of drug-likeness (QED) is 0.791. The van der Waals surface area contributed by atoms with E-state index < -0.39 is 6.36 Å². The second-order valence-corrected chi connectivity index (χ2v) is 4.38. The van der Waals surface area contributed by atoms with Crippen LogP contribution in [0, 0.1) is 11.3 Å². The van der Waals surface area contributed by atoms with Crippen LogP contribution in [0.2, 0.25) is 5.15 Å². The second-order valence-electron chi connectivity index (χ2n) is 4.02. The Morgan fingerprint density at radius 1 is 1.14 bits per heavy atom. The maximum Gasteiger partial charge on any atom is 0.573 e. The predicted molar refractivity (Wildman–Crippen MR) is 70.7 cm³/mol. The number of nitriles is 1. The highest BCUT2D eigenvalue weighted by Gasteiger charge is 2.32. The van der Waals surface area contributed by atoms with Gasteiger partial charge >= 0.3 is 6.36 Å². The Labute approximate surface area is 123 Å². The zero-order chi connectivity index (χ0) is 15.5. The van der Waals surface area contributed by atoms with Gasteiger partial charge in [0, 0.05) is 11.1 Å². The van der Waals surface area contributed by atoms with Gasteiger partial charge in [-0.25, -0.2) is 4.98 Å². The number of aromatic nitrogens is 1. The minimum atomic E-state index is -4.79. The predicted octanol–water partition coefficient (Wildman–Crippen LogP) is 4.37. The first kappa shape index (κ1) is 15.1. The maximum absolute atomic E-state index is 12.4. The van der Waals surface area contributed by atoms with Crippen LogP contribution in [0.5, 0.6) is 5.75 Å². The number of ether oxygens (including phenoxy) is 1. The van der Waals surface area contributed by atoms with Gasteiger partial charge in [-0.15, -0.1) is 13.2 Å². The van der Waals surface area contributed by atoms with E-state index in [1.807, 2.05) is 6.07 Å². The SMILES string of the molecule is N#CCc1ccc(-c2ccccc2OC(F)(F)F)c(Cl)n1. The molecule has 2 aromatic rings. The molecule has 0 N–H and O–H groups in total. The van der Waals surface area contributed by atoms with Crippen LogP contribution in [-0.4, -0.2) is 11.3 Å². The van der Waals surface area contributed by atoms with Crippen molar-refractivity contribution in [3.8, 4) is 22.9 Å². The van der Waals surface area contributed by atoms with Gasteiger partial charge in [0.2, 0.25) is 0 Å². The van der Waals surface area contributed by atoms with Gasteiger partial charge in [0.15, 0.2) is 0 Å². The number of halogens is 4. The molecular formula is C14H8ClF3N2O. The van der Waals surface area contributed by atoms with Gasteiger partial charge in [0.1, 0.15) is 10.9 Å². The molecule has 0 aliphatic rings. The number of pyridine rings is 1. The summed E-state index contributed by atoms with van der Waals surface area (Å²) in [4.78, 5) is 3.98. The topological polar surface area (TPSA) is 45.9 Å². The molecule has 0 unspecified atom stereocenters. The molecule has 1 heterocycles. The van der Waals surface area contributed by atoms with Gasteiger partial charge in [0.05, 0.1) is 18.2 Å². The molecule has 7 heteroatoms. The molecule has 0 radical (unpaired) electrons. The van der Waals surface area contributed by atoms with E-state index in [1.165, 1.54) is 30.3 Å². The number of hydrogen-bond donors (Lipinski definition) is 0. The molecule has 0 aliphatic carbocycles. The summed E-state index contributed by atoms with van der Waals surface area (Å²) in [5.41, 5.74) is 0.925. The largest absolute Gasteiger partial charge is 0.573 e. The van der Waals surface area contributed by atoms with Gasteiger partial charge < -0.3 is 4.74 Å². The number of benzene rings is 1. The molecule has 2 rings (SSSR count). The molecule has 108 valence electrons. The lowest BCUT2D eigenvalue weighted by Crippen LogP contribution is -2.17. The summed E-state index contributed by atoms with van der Waals surface area (Å²) >= 11 is 5.99. The number of para-hydroxylation sites is 1. The van der Waals surface area contributed by atoms with Gasteiger partial charge in [-0.05, 0) is 18.2 Å². The third kappa shape index (κ3) is 3.86. The number of hydrogen-bond acceptors (Lipinski definition) is 3. The Kier molecular flexibility index (Phi) is 4.34. The third-order valence-electron chi connectivity index (χ3n) is 2.57. The molecular weight excluding hydrogens is 305 g/mol. The van der Waals surface area contributed by atoms with Crippen molar-refractivity contribution in [3.05, 3.63) is 47.2 Å². The summed E-state index contributed by atoms with van der Waals surface area (Å²) in [6, 6.07) is 10.6. The molecule has 0 spiro atoms. The van der Waals surface area contributed by atoms with Crippen LogP contribution in [0.3, 0.4) is 0 Å². The van der Waals surface area contributed by atoms with Crippen LogP contribution in [0.15, 0.2) is 36.4 Å². The average Bonchev–Trinajstić information content (AvgIpc) is 2.39. The molecule has 3 nitrogen and oxygen atoms in total. The van der Waals surface area contributed by atoms with E-state index in [9.17, 15) is 13.2 Å². The van der Waals surface area contributed by atoms with Crippen LogP contribution in [-0.2, 0) is 6.42 Å². The molecule has 0 bridgehead atoms. The Morgan fingerprint density at radius 2 is 1.86 bits per heavy atom. The van der Waals surface area contributed by atoms with E-state index in [0.717, 1.165) is 0 Å². The fourth-order valence-electron chi connectivity index (χ4n) is 1.76. The zero-order valence-electron chi connectivity index (χ0n) is 10.5. The number of rotatable bonds is 3. The highest BCUT2D eigenvalue weighted by molar-refractivity contribution is 6.32. The van der Waals surface area contributed by atoms with E-state index >= 15 is 0 Å². The monoisotopic (exact) mass is 312 g/mol. The van der Waals surface area contributed by atoms with Gasteiger partial charge in [-0.1, -0.05) is 29.8 Å². The lowest BCUT2D eigenvalue weighted by atomic mass is 10.1. The first-order valence-electron chi connectivity index (χ1n) is 5.78. The summed E-state index contributed by atoms with van der Waals surface area (Å²) in [6.45, 7) is 0. The lowest BCUT2D eigenvalue weighted by molar-refractivity contribution is -0.274. The molecule has 1 aromatic heterocycles. The van der Waals surface area contributed by atoms with Crippen LogP contribution in [0.25, 0.3) is 11.1 Å². The minimum Gasteiger partial charge on any atom is -0.405 e. The summed E-state index contributed by atoms with van der Waals surface area (Å²) in [5.74, 6) is -0.360. The Hall–Kier alpha value is -2.26. The second kappa shape index (κ2) is 6.02. The Morgan fingerprint density at radius 3 is 2.48 bits per heavy atom. The average molecular weight is 313 g/mol. The molecule has 0 saturated heterocycles. The molecule has 0 fully saturated rings. The van der Waals surface area contributed by atoms with Crippen molar-refractivity contribution in [1.82, 2.24) is 4.98 Å². The highest BCUT2D eigenvalue weighted by atomic mass is 35.5. The summed E-state index contributed by atoms with van der Waals surface area (Å²) in [6.07, 6.45) is -4.72. The van der Waals surface area contributed by atoms with E-state index in [2.05, 4.69) is 9.72 Å². The summed E-state index contributed by atoms with van der Waals surface area (Å²) < 4.78 is 41.2. The fourth-order valence-corrected chi connectivity index (χ4v) is 2.03. The molecule has 0 aliphatic heterocycles. The Bertz CT molecular complexity index is 695. The van der Waals surface area contributed by atoms with Crippen molar-refractivity contribution < 1.29 is 17.9 Å². The molecule has 0 saturated carbocycles. The third-order valence-corrected chi connectivity index (χ3v) is 2.86. The standard InChI is InChI=1S/C14H8ClF3N2O/c15-13-11(6-5-9(20-13)7-8-19)10-3-1-2-4-12(10)21-14(16,17)18/h1-6H,7H2. The van der Waals surface area contributed by atoms with Crippen molar-refractivity contribution in [2.24, 2.45) is 0 Å². The highest BCUT2D eigenvalue weighted by Crippen LogP contribution is 2.36. The van der Waals surface area contributed by atoms with Gasteiger partial charge in [-0.2, -0.15) is 5.26 Å². The molecule has 21 heavy (non-hydrogen) atoms. The first-order chi connectivity index (χ1) is 9.90. The van der Waals surface area contributed by atoms with E-state index in [1.54, 1.807) is 6.07 Å². The van der Waals surface area contributed by atoms with Crippen LogP contribution >= 0.6 is 11.6 Å². The summed E-state index contributed by atoms with van der Waals surface area (Å²) in [5, 5.41) is 8.61. The van der Waals surface area contributed by atoms with Crippen molar-refractivity contribution >= 4 is 11.6 Å². The summed E-state index contributed by atoms with van der Waals surface area (Å²) in [7, 11) is 0. The zero-order valence-corrected chi connectivity index (χ0v) is 11.2. The van der Waals surface area contributed by atoms with Crippen LogP contribution < -0.4 is 4.74 Å². The van der Waals surface area contributed by atoms with Crippen molar-refractivity contribution in [2.75, 3.05) is 0 Å². The van der Waals surface area contributed by atoms with E-state index in [4.69, 9.17) is 16.9 Å². The van der Waals surface area contributed by atoms with Crippen molar-refractivity contribution in [1.29, 1.82) is 5.26 Å². The smallest absolute Gasteiger partial charge is 0.405 e. The van der Waals surface area contributed by atoms with Crippen molar-refractivity contribution in [2.45, 2.75) is 12.8 Å². The lowest BCUT2D eigenvalue weighted by Gasteiger charge is -2.14. The molecule has 0 amide bonds. The van der Waals surface area contributed by atoms with Gasteiger partial charge in [-0.3, -0.25) is 0 Å². The molecule has 0 atom stereocenters. The van der Waals surface area contributed by atoms with E-state index in [0.29, 0.717) is 11.3 Å². The van der Waals surface area contributed by atoms with E-state index in [-0.39, 0.29) is 22.9 Å². The maximum atomic E-state index is 12.4. The fraction of sp³-hybridized carbons (Fsp3) is 0.143. The van der Waals surface area contributed by atoms with Gasteiger partial charge in [0.25, 0.3) is 0 Å². The van der Waals surface area contributed by atoms with Crippen molar-refractivity contribution in [3.63, 3.8) is 0 Å². The Balaban J connectivity index is 2.45. The minimum absolute atomic E-state index is 0.0148. The molecule has 1 aromatic carbocycles. The van der Waals surface area contributed by atoms with Crippen LogP contribution in [0.1, 0.15) is 5.69 Å².